The SMILES string of the molecule is CCCNC(C(=O)OC)c1ccccc1C1CC1. The standard InChI is InChI=1S/C15H21NO2/c1-3-10-16-14(15(17)18-2)13-7-5-4-6-12(13)11-8-9-11/h4-7,11,14,16H,3,8-10H2,1-2H3. The van der Waals surface area contributed by atoms with Crippen LogP contribution in [0.5, 0.6) is 0 Å². The van der Waals surface area contributed by atoms with Gasteiger partial charge in [-0.15, -0.1) is 0 Å². The van der Waals surface area contributed by atoms with Crippen molar-refractivity contribution in [2.45, 2.75) is 38.1 Å². The monoisotopic (exact) mass is 247 g/mol. The highest BCUT2D eigenvalue weighted by Gasteiger charge is 2.30. The molecule has 1 aliphatic carbocycles. The summed E-state index contributed by atoms with van der Waals surface area (Å²) in [6.07, 6.45) is 3.47. The van der Waals surface area contributed by atoms with Crippen LogP contribution in [0.1, 0.15) is 49.3 Å². The largest absolute Gasteiger partial charge is 0.468 e. The van der Waals surface area contributed by atoms with Crippen molar-refractivity contribution in [2.75, 3.05) is 13.7 Å². The van der Waals surface area contributed by atoms with Gasteiger partial charge < -0.3 is 10.1 Å². The summed E-state index contributed by atoms with van der Waals surface area (Å²) in [7, 11) is 1.45. The van der Waals surface area contributed by atoms with Crippen molar-refractivity contribution >= 4 is 5.97 Å². The number of methoxy groups -OCH3 is 1. The molecule has 1 aliphatic rings. The van der Waals surface area contributed by atoms with E-state index in [1.54, 1.807) is 0 Å². The molecule has 1 fully saturated rings. The molecule has 0 radical (unpaired) electrons. The predicted molar refractivity (Wildman–Crippen MR) is 71.5 cm³/mol. The summed E-state index contributed by atoms with van der Waals surface area (Å²) in [6.45, 7) is 2.91. The highest BCUT2D eigenvalue weighted by molar-refractivity contribution is 5.78. The Kier molecular flexibility index (Phi) is 4.37. The number of carbonyl (C=O) groups excluding carboxylic acids is 1. The first-order valence-electron chi connectivity index (χ1n) is 6.68. The van der Waals surface area contributed by atoms with Crippen LogP contribution in [0.4, 0.5) is 0 Å². The second kappa shape index (κ2) is 6.01. The third-order valence-electron chi connectivity index (χ3n) is 3.36. The molecule has 0 amide bonds. The maximum Gasteiger partial charge on any atom is 0.327 e. The Morgan fingerprint density at radius 1 is 1.44 bits per heavy atom. The molecule has 0 saturated heterocycles. The molecule has 0 bridgehead atoms. The molecule has 1 aromatic carbocycles. The zero-order valence-electron chi connectivity index (χ0n) is 11.1. The number of nitrogens with one attached hydrogen (secondary N) is 1. The van der Waals surface area contributed by atoms with Gasteiger partial charge in [-0.3, -0.25) is 0 Å². The van der Waals surface area contributed by atoms with Crippen LogP contribution >= 0.6 is 0 Å². The van der Waals surface area contributed by atoms with Crippen LogP contribution in [0.2, 0.25) is 0 Å². The van der Waals surface area contributed by atoms with Gasteiger partial charge >= 0.3 is 5.97 Å². The molecule has 3 heteroatoms. The van der Waals surface area contributed by atoms with Gasteiger partial charge in [-0.1, -0.05) is 31.2 Å². The number of carbonyl (C=O) groups is 1. The van der Waals surface area contributed by atoms with Crippen molar-refractivity contribution in [1.82, 2.24) is 5.32 Å². The van der Waals surface area contributed by atoms with Gasteiger partial charge in [0.2, 0.25) is 0 Å². The Balaban J connectivity index is 2.25. The maximum atomic E-state index is 11.9. The molecule has 1 atom stereocenters. The van der Waals surface area contributed by atoms with E-state index in [4.69, 9.17) is 4.74 Å². The van der Waals surface area contributed by atoms with Crippen molar-refractivity contribution < 1.29 is 9.53 Å². The molecule has 1 saturated carbocycles. The van der Waals surface area contributed by atoms with Gasteiger partial charge in [-0.25, -0.2) is 4.79 Å². The summed E-state index contributed by atoms with van der Waals surface area (Å²) in [5.74, 6) is 0.438. The van der Waals surface area contributed by atoms with E-state index in [0.29, 0.717) is 5.92 Å². The Hall–Kier alpha value is -1.35. The molecule has 1 aromatic rings. The lowest BCUT2D eigenvalue weighted by Crippen LogP contribution is -2.31. The smallest absolute Gasteiger partial charge is 0.327 e. The second-order valence-corrected chi connectivity index (χ2v) is 4.81. The molecule has 18 heavy (non-hydrogen) atoms. The minimum atomic E-state index is -0.327. The summed E-state index contributed by atoms with van der Waals surface area (Å²) in [4.78, 5) is 11.9. The van der Waals surface area contributed by atoms with Crippen molar-refractivity contribution in [2.24, 2.45) is 0 Å². The third kappa shape index (κ3) is 2.91. The fraction of sp³-hybridized carbons (Fsp3) is 0.533. The van der Waals surface area contributed by atoms with Gasteiger partial charge in [-0.2, -0.15) is 0 Å². The van der Waals surface area contributed by atoms with Crippen molar-refractivity contribution in [1.29, 1.82) is 0 Å². The van der Waals surface area contributed by atoms with E-state index in [1.807, 2.05) is 18.2 Å². The molecular weight excluding hydrogens is 226 g/mol. The molecular formula is C15H21NO2. The summed E-state index contributed by atoms with van der Waals surface area (Å²) in [6, 6.07) is 7.89. The molecule has 0 aliphatic heterocycles. The van der Waals surface area contributed by atoms with Gasteiger partial charge in [0.25, 0.3) is 0 Å². The van der Waals surface area contributed by atoms with Crippen LogP contribution in [0.25, 0.3) is 0 Å². The van der Waals surface area contributed by atoms with E-state index < -0.39 is 0 Å². The van der Waals surface area contributed by atoms with Crippen molar-refractivity contribution in [3.63, 3.8) is 0 Å². The molecule has 3 nitrogen and oxygen atoms in total. The fourth-order valence-corrected chi connectivity index (χ4v) is 2.27. The third-order valence-corrected chi connectivity index (χ3v) is 3.36. The van der Waals surface area contributed by atoms with Crippen LogP contribution < -0.4 is 5.32 Å². The number of hydrogen-bond donors (Lipinski definition) is 1. The van der Waals surface area contributed by atoms with Crippen LogP contribution in [0, 0.1) is 0 Å². The summed E-state index contributed by atoms with van der Waals surface area (Å²) >= 11 is 0. The average Bonchev–Trinajstić information content (AvgIpc) is 3.23. The number of benzene rings is 1. The van der Waals surface area contributed by atoms with Crippen LogP contribution in [0.15, 0.2) is 24.3 Å². The molecule has 0 spiro atoms. The zero-order valence-corrected chi connectivity index (χ0v) is 11.1. The lowest BCUT2D eigenvalue weighted by molar-refractivity contribution is -0.143. The highest BCUT2D eigenvalue weighted by atomic mass is 16.5. The first-order valence-corrected chi connectivity index (χ1v) is 6.68. The summed E-state index contributed by atoms with van der Waals surface area (Å²) in [5.41, 5.74) is 2.39. The first kappa shape index (κ1) is 13.1. The Bertz CT molecular complexity index is 413. The van der Waals surface area contributed by atoms with Crippen LogP contribution in [-0.4, -0.2) is 19.6 Å². The number of ether oxygens (including phenoxy) is 1. The van der Waals surface area contributed by atoms with E-state index in [-0.39, 0.29) is 12.0 Å². The van der Waals surface area contributed by atoms with E-state index in [1.165, 1.54) is 25.5 Å². The van der Waals surface area contributed by atoms with E-state index in [2.05, 4.69) is 18.3 Å². The Morgan fingerprint density at radius 3 is 2.78 bits per heavy atom. The van der Waals surface area contributed by atoms with Crippen LogP contribution in [-0.2, 0) is 9.53 Å². The Labute approximate surface area is 109 Å². The molecule has 98 valence electrons. The number of esters is 1. The predicted octanol–water partition coefficient (Wildman–Crippen LogP) is 2.78. The van der Waals surface area contributed by atoms with Crippen molar-refractivity contribution in [3.8, 4) is 0 Å². The minimum absolute atomic E-state index is 0.198. The van der Waals surface area contributed by atoms with Crippen LogP contribution in [0.3, 0.4) is 0 Å². The number of hydrogen-bond acceptors (Lipinski definition) is 3. The molecule has 2 rings (SSSR count). The van der Waals surface area contributed by atoms with E-state index in [9.17, 15) is 4.79 Å². The lowest BCUT2D eigenvalue weighted by Gasteiger charge is -2.19. The highest BCUT2D eigenvalue weighted by Crippen LogP contribution is 2.43. The average molecular weight is 247 g/mol. The number of rotatable bonds is 6. The van der Waals surface area contributed by atoms with Gasteiger partial charge in [0.1, 0.15) is 6.04 Å². The lowest BCUT2D eigenvalue weighted by atomic mass is 9.97. The maximum absolute atomic E-state index is 11.9. The quantitative estimate of drug-likeness (QED) is 0.786. The van der Waals surface area contributed by atoms with Gasteiger partial charge in [-0.05, 0) is 42.9 Å². The van der Waals surface area contributed by atoms with Gasteiger partial charge in [0.15, 0.2) is 0 Å². The minimum Gasteiger partial charge on any atom is -0.468 e. The molecule has 0 aromatic heterocycles. The summed E-state index contributed by atoms with van der Waals surface area (Å²) < 4.78 is 4.92. The van der Waals surface area contributed by atoms with Crippen molar-refractivity contribution in [3.05, 3.63) is 35.4 Å². The second-order valence-electron chi connectivity index (χ2n) is 4.81. The topological polar surface area (TPSA) is 38.3 Å². The van der Waals surface area contributed by atoms with E-state index in [0.717, 1.165) is 18.5 Å². The molecule has 1 unspecified atom stereocenters. The Morgan fingerprint density at radius 2 is 2.17 bits per heavy atom. The van der Waals surface area contributed by atoms with Gasteiger partial charge in [0, 0.05) is 0 Å². The normalized spacial score (nSPS) is 16.3. The zero-order chi connectivity index (χ0) is 13.0. The van der Waals surface area contributed by atoms with Gasteiger partial charge in [0.05, 0.1) is 7.11 Å². The molecule has 0 heterocycles. The van der Waals surface area contributed by atoms with E-state index >= 15 is 0 Å². The summed E-state index contributed by atoms with van der Waals surface area (Å²) in [5, 5.41) is 3.28. The first-order chi connectivity index (χ1) is 8.77. The molecule has 1 N–H and O–H groups in total. The fourth-order valence-electron chi connectivity index (χ4n) is 2.27.